The first kappa shape index (κ1) is 18.7. The topological polar surface area (TPSA) is 56.0 Å². The van der Waals surface area contributed by atoms with E-state index >= 15 is 0 Å². The van der Waals surface area contributed by atoms with Crippen molar-refractivity contribution in [1.82, 2.24) is 24.5 Å². The number of aromatic nitrogens is 4. The number of hydrogen-bond acceptors (Lipinski definition) is 4. The van der Waals surface area contributed by atoms with Crippen molar-refractivity contribution in [2.45, 2.75) is 19.9 Å². The number of aryl methyl sites for hydroxylation is 2. The molecule has 1 aromatic carbocycles. The van der Waals surface area contributed by atoms with E-state index in [-0.39, 0.29) is 5.91 Å². The molecule has 29 heavy (non-hydrogen) atoms. The van der Waals surface area contributed by atoms with Crippen LogP contribution in [0.2, 0.25) is 10.0 Å². The molecule has 1 aliphatic heterocycles. The van der Waals surface area contributed by atoms with Crippen molar-refractivity contribution in [3.63, 3.8) is 0 Å². The zero-order valence-electron chi connectivity index (χ0n) is 15.8. The van der Waals surface area contributed by atoms with E-state index in [2.05, 4.69) is 10.2 Å². The summed E-state index contributed by atoms with van der Waals surface area (Å²) in [5.41, 5.74) is 3.86. The maximum absolute atomic E-state index is 13.1. The molecular formula is C20H17Cl2N5OS. The van der Waals surface area contributed by atoms with Gasteiger partial charge in [0.1, 0.15) is 4.83 Å². The molecule has 0 N–H and O–H groups in total. The van der Waals surface area contributed by atoms with Crippen LogP contribution in [-0.4, -0.2) is 36.9 Å². The van der Waals surface area contributed by atoms with Gasteiger partial charge in [-0.25, -0.2) is 4.68 Å². The lowest BCUT2D eigenvalue weighted by Gasteiger charge is -2.27. The van der Waals surface area contributed by atoms with Crippen LogP contribution in [0.15, 0.2) is 30.5 Å². The third-order valence-electron chi connectivity index (χ3n) is 5.27. The number of amides is 1. The first-order valence-electron chi connectivity index (χ1n) is 9.16. The third-order valence-corrected chi connectivity index (χ3v) is 6.99. The highest BCUT2D eigenvalue weighted by Crippen LogP contribution is 2.31. The maximum Gasteiger partial charge on any atom is 0.264 e. The molecule has 148 valence electrons. The zero-order chi connectivity index (χ0) is 20.3. The number of carbonyl (C=O) groups is 1. The fourth-order valence-electron chi connectivity index (χ4n) is 3.83. The van der Waals surface area contributed by atoms with E-state index < -0.39 is 0 Å². The molecular weight excluding hydrogens is 429 g/mol. The van der Waals surface area contributed by atoms with Crippen LogP contribution in [0.4, 0.5) is 0 Å². The van der Waals surface area contributed by atoms with Gasteiger partial charge in [0.25, 0.3) is 5.91 Å². The average Bonchev–Trinajstić information content (AvgIpc) is 3.37. The third kappa shape index (κ3) is 3.04. The van der Waals surface area contributed by atoms with E-state index in [1.165, 1.54) is 11.3 Å². The van der Waals surface area contributed by atoms with E-state index in [4.69, 9.17) is 23.2 Å². The fourth-order valence-corrected chi connectivity index (χ4v) is 5.41. The first-order valence-corrected chi connectivity index (χ1v) is 10.7. The Morgan fingerprint density at radius 3 is 2.83 bits per heavy atom. The van der Waals surface area contributed by atoms with Crippen LogP contribution in [-0.2, 0) is 20.0 Å². The molecule has 0 bridgehead atoms. The molecule has 0 spiro atoms. The van der Waals surface area contributed by atoms with E-state index in [1.807, 2.05) is 46.6 Å². The standard InChI is InChI=1S/C20H17Cl2N5OS/c1-11-14-8-18(29-20(14)25(2)24-11)19(28)26-6-5-16-12(10-26)9-23-27(16)17-4-3-13(21)7-15(17)22/h3-4,7-9H,5-6,10H2,1-2H3. The second-order valence-electron chi connectivity index (χ2n) is 7.14. The van der Waals surface area contributed by atoms with E-state index in [0.717, 1.165) is 37.7 Å². The summed E-state index contributed by atoms with van der Waals surface area (Å²) in [6, 6.07) is 7.33. The van der Waals surface area contributed by atoms with Crippen LogP contribution >= 0.6 is 34.5 Å². The minimum Gasteiger partial charge on any atom is -0.333 e. The summed E-state index contributed by atoms with van der Waals surface area (Å²) in [5, 5.41) is 11.1. The highest BCUT2D eigenvalue weighted by Gasteiger charge is 2.27. The molecule has 5 rings (SSSR count). The van der Waals surface area contributed by atoms with Crippen molar-refractivity contribution >= 4 is 50.7 Å². The van der Waals surface area contributed by atoms with E-state index in [0.29, 0.717) is 29.6 Å². The van der Waals surface area contributed by atoms with Gasteiger partial charge in [0.2, 0.25) is 0 Å². The summed E-state index contributed by atoms with van der Waals surface area (Å²) < 4.78 is 3.69. The van der Waals surface area contributed by atoms with Gasteiger partial charge in [0, 0.05) is 42.5 Å². The van der Waals surface area contributed by atoms with Crippen molar-refractivity contribution in [2.75, 3.05) is 6.54 Å². The number of carbonyl (C=O) groups excluding carboxylic acids is 1. The molecule has 0 radical (unpaired) electrons. The number of rotatable bonds is 2. The number of thiophene rings is 1. The molecule has 0 unspecified atom stereocenters. The zero-order valence-corrected chi connectivity index (χ0v) is 18.1. The van der Waals surface area contributed by atoms with Crippen LogP contribution in [0, 0.1) is 6.92 Å². The number of halogens is 2. The largest absolute Gasteiger partial charge is 0.333 e. The Morgan fingerprint density at radius 1 is 1.24 bits per heavy atom. The minimum absolute atomic E-state index is 0.0496. The Kier molecular flexibility index (Phi) is 4.42. The molecule has 6 nitrogen and oxygen atoms in total. The smallest absolute Gasteiger partial charge is 0.264 e. The Bertz CT molecular complexity index is 1240. The molecule has 0 saturated carbocycles. The van der Waals surface area contributed by atoms with Gasteiger partial charge in [0.05, 0.1) is 33.2 Å². The molecule has 0 atom stereocenters. The van der Waals surface area contributed by atoms with Crippen molar-refractivity contribution < 1.29 is 4.79 Å². The van der Waals surface area contributed by atoms with Crippen LogP contribution in [0.3, 0.4) is 0 Å². The van der Waals surface area contributed by atoms with Gasteiger partial charge in [0.15, 0.2) is 0 Å². The van der Waals surface area contributed by atoms with Gasteiger partial charge in [-0.3, -0.25) is 9.48 Å². The summed E-state index contributed by atoms with van der Waals surface area (Å²) in [6.07, 6.45) is 2.53. The first-order chi connectivity index (χ1) is 13.9. The molecule has 0 fully saturated rings. The van der Waals surface area contributed by atoms with Crippen LogP contribution in [0.5, 0.6) is 0 Å². The quantitative estimate of drug-likeness (QED) is 0.451. The lowest BCUT2D eigenvalue weighted by atomic mass is 10.1. The highest BCUT2D eigenvalue weighted by molar-refractivity contribution is 7.20. The SMILES string of the molecule is Cc1nn(C)c2sc(C(=O)N3CCc4c(cnn4-c4ccc(Cl)cc4Cl)C3)cc12. The normalized spacial score (nSPS) is 13.9. The molecule has 1 aliphatic rings. The van der Waals surface area contributed by atoms with E-state index in [9.17, 15) is 4.79 Å². The number of hydrogen-bond donors (Lipinski definition) is 0. The molecule has 0 saturated heterocycles. The monoisotopic (exact) mass is 445 g/mol. The van der Waals surface area contributed by atoms with Gasteiger partial charge in [-0.15, -0.1) is 11.3 Å². The predicted octanol–water partition coefficient (Wildman–Crippen LogP) is 4.63. The lowest BCUT2D eigenvalue weighted by molar-refractivity contribution is 0.0739. The molecule has 3 aromatic heterocycles. The Morgan fingerprint density at radius 2 is 2.07 bits per heavy atom. The Hall–Kier alpha value is -2.35. The van der Waals surface area contributed by atoms with Crippen molar-refractivity contribution in [3.05, 3.63) is 62.3 Å². The second-order valence-corrected chi connectivity index (χ2v) is 9.01. The van der Waals surface area contributed by atoms with Crippen molar-refractivity contribution in [1.29, 1.82) is 0 Å². The molecule has 0 aliphatic carbocycles. The van der Waals surface area contributed by atoms with Gasteiger partial charge in [-0.2, -0.15) is 10.2 Å². The fraction of sp³-hybridized carbons (Fsp3) is 0.250. The second kappa shape index (κ2) is 6.86. The summed E-state index contributed by atoms with van der Waals surface area (Å²) in [6.45, 7) is 3.13. The van der Waals surface area contributed by atoms with Gasteiger partial charge >= 0.3 is 0 Å². The Balaban J connectivity index is 1.43. The van der Waals surface area contributed by atoms with Crippen molar-refractivity contribution in [2.24, 2.45) is 7.05 Å². The molecule has 4 aromatic rings. The van der Waals surface area contributed by atoms with Crippen LogP contribution in [0.1, 0.15) is 26.6 Å². The summed E-state index contributed by atoms with van der Waals surface area (Å²) >= 11 is 13.9. The predicted molar refractivity (Wildman–Crippen MR) is 115 cm³/mol. The van der Waals surface area contributed by atoms with Gasteiger partial charge in [-0.05, 0) is 31.2 Å². The van der Waals surface area contributed by atoms with Gasteiger partial charge in [-0.1, -0.05) is 23.2 Å². The number of fused-ring (bicyclic) bond motifs is 2. The maximum atomic E-state index is 13.1. The number of nitrogens with zero attached hydrogens (tertiary/aromatic N) is 5. The average molecular weight is 446 g/mol. The molecule has 9 heteroatoms. The minimum atomic E-state index is 0.0496. The van der Waals surface area contributed by atoms with Crippen LogP contribution < -0.4 is 0 Å². The Labute approximate surface area is 181 Å². The van der Waals surface area contributed by atoms with E-state index in [1.54, 1.807) is 12.1 Å². The molecule has 4 heterocycles. The number of benzene rings is 1. The van der Waals surface area contributed by atoms with Crippen molar-refractivity contribution in [3.8, 4) is 5.69 Å². The van der Waals surface area contributed by atoms with Crippen LogP contribution in [0.25, 0.3) is 15.9 Å². The highest BCUT2D eigenvalue weighted by atomic mass is 35.5. The summed E-state index contributed by atoms with van der Waals surface area (Å²) in [7, 11) is 1.91. The summed E-state index contributed by atoms with van der Waals surface area (Å²) in [5.74, 6) is 0.0496. The summed E-state index contributed by atoms with van der Waals surface area (Å²) in [4.78, 5) is 16.8. The lowest BCUT2D eigenvalue weighted by Crippen LogP contribution is -2.35. The van der Waals surface area contributed by atoms with Gasteiger partial charge < -0.3 is 4.90 Å². The molecule has 1 amide bonds.